The third-order valence-corrected chi connectivity index (χ3v) is 3.06. The quantitative estimate of drug-likeness (QED) is 0.485. The summed E-state index contributed by atoms with van der Waals surface area (Å²) in [6.45, 7) is 3.00. The molecule has 0 saturated heterocycles. The first-order chi connectivity index (χ1) is 8.08. The van der Waals surface area contributed by atoms with Crippen molar-refractivity contribution in [2.45, 2.75) is 19.4 Å². The first-order valence-corrected chi connectivity index (χ1v) is 6.06. The smallest absolute Gasteiger partial charge is 0.375 e. The van der Waals surface area contributed by atoms with Crippen LogP contribution >= 0.6 is 0 Å². The van der Waals surface area contributed by atoms with Crippen molar-refractivity contribution in [2.24, 2.45) is 0 Å². The van der Waals surface area contributed by atoms with Crippen molar-refractivity contribution in [1.29, 1.82) is 0 Å². The van der Waals surface area contributed by atoms with E-state index in [-0.39, 0.29) is 11.8 Å². The largest absolute Gasteiger partial charge is 0.534 e. The summed E-state index contributed by atoms with van der Waals surface area (Å²) in [5, 5.41) is 0. The molecule has 0 radical (unpaired) electrons. The van der Waals surface area contributed by atoms with Crippen LogP contribution < -0.4 is 4.18 Å². The van der Waals surface area contributed by atoms with E-state index in [9.17, 15) is 26.4 Å². The van der Waals surface area contributed by atoms with Crippen LogP contribution in [0.15, 0.2) is 12.1 Å². The highest BCUT2D eigenvalue weighted by Gasteiger charge is 2.48. The van der Waals surface area contributed by atoms with Crippen LogP contribution in [-0.4, -0.2) is 20.2 Å². The molecule has 0 N–H and O–H groups in total. The SMILES string of the molecule is Cc1cc(C)c(C=O)c(OS(=O)(=O)C(F)(F)F)c1. The average molecular weight is 282 g/mol. The van der Waals surface area contributed by atoms with Gasteiger partial charge in [-0.2, -0.15) is 21.6 Å². The van der Waals surface area contributed by atoms with Gasteiger partial charge >= 0.3 is 15.6 Å². The number of aryl methyl sites for hydroxylation is 2. The van der Waals surface area contributed by atoms with Crippen LogP contribution in [0.1, 0.15) is 21.5 Å². The van der Waals surface area contributed by atoms with E-state index in [1.165, 1.54) is 19.9 Å². The lowest BCUT2D eigenvalue weighted by Crippen LogP contribution is -2.28. The van der Waals surface area contributed by atoms with Gasteiger partial charge in [-0.25, -0.2) is 0 Å². The zero-order valence-electron chi connectivity index (χ0n) is 9.41. The third-order valence-electron chi connectivity index (χ3n) is 2.09. The van der Waals surface area contributed by atoms with Crippen molar-refractivity contribution in [3.05, 3.63) is 28.8 Å². The van der Waals surface area contributed by atoms with Crippen molar-refractivity contribution in [1.82, 2.24) is 0 Å². The van der Waals surface area contributed by atoms with Crippen molar-refractivity contribution in [2.75, 3.05) is 0 Å². The first kappa shape index (κ1) is 14.5. The van der Waals surface area contributed by atoms with Gasteiger partial charge in [0, 0.05) is 0 Å². The highest BCUT2D eigenvalue weighted by Crippen LogP contribution is 2.30. The Kier molecular flexibility index (Phi) is 3.70. The van der Waals surface area contributed by atoms with Crippen LogP contribution in [0.4, 0.5) is 13.2 Å². The summed E-state index contributed by atoms with van der Waals surface area (Å²) >= 11 is 0. The normalized spacial score (nSPS) is 12.3. The molecule has 1 rings (SSSR count). The molecule has 100 valence electrons. The molecule has 4 nitrogen and oxygen atoms in total. The Balaban J connectivity index is 3.32. The molecule has 0 amide bonds. The maximum atomic E-state index is 12.2. The molecule has 0 fully saturated rings. The minimum atomic E-state index is -5.78. The van der Waals surface area contributed by atoms with Crippen molar-refractivity contribution in [3.8, 4) is 5.75 Å². The predicted molar refractivity (Wildman–Crippen MR) is 56.9 cm³/mol. The molecule has 0 aromatic heterocycles. The van der Waals surface area contributed by atoms with Gasteiger partial charge in [-0.3, -0.25) is 4.79 Å². The van der Waals surface area contributed by atoms with Gasteiger partial charge in [0.25, 0.3) is 0 Å². The minimum absolute atomic E-state index is 0.228. The number of benzene rings is 1. The van der Waals surface area contributed by atoms with Gasteiger partial charge < -0.3 is 4.18 Å². The van der Waals surface area contributed by atoms with Crippen LogP contribution in [0.2, 0.25) is 0 Å². The van der Waals surface area contributed by atoms with E-state index in [2.05, 4.69) is 4.18 Å². The molecule has 1 aromatic rings. The second kappa shape index (κ2) is 4.60. The molecule has 0 heterocycles. The maximum Gasteiger partial charge on any atom is 0.534 e. The van der Waals surface area contributed by atoms with Gasteiger partial charge in [-0.15, -0.1) is 0 Å². The highest BCUT2D eigenvalue weighted by molar-refractivity contribution is 7.88. The lowest BCUT2D eigenvalue weighted by Gasteiger charge is -2.12. The number of rotatable bonds is 3. The zero-order chi connectivity index (χ0) is 14.1. The third kappa shape index (κ3) is 2.81. The maximum absolute atomic E-state index is 12.2. The van der Waals surface area contributed by atoms with Gasteiger partial charge in [-0.05, 0) is 31.0 Å². The minimum Gasteiger partial charge on any atom is -0.375 e. The van der Waals surface area contributed by atoms with E-state index in [0.717, 1.165) is 6.07 Å². The predicted octanol–water partition coefficient (Wildman–Crippen LogP) is 2.34. The molecular formula is C10H9F3O4S. The van der Waals surface area contributed by atoms with E-state index in [4.69, 9.17) is 0 Å². The summed E-state index contributed by atoms with van der Waals surface area (Å²) in [5.74, 6) is -0.625. The molecule has 18 heavy (non-hydrogen) atoms. The molecule has 0 aliphatic rings. The van der Waals surface area contributed by atoms with Crippen LogP contribution in [0, 0.1) is 13.8 Å². The number of hydrogen-bond donors (Lipinski definition) is 0. The Bertz CT molecular complexity index is 576. The monoisotopic (exact) mass is 282 g/mol. The fourth-order valence-corrected chi connectivity index (χ4v) is 1.79. The Morgan fingerprint density at radius 1 is 1.22 bits per heavy atom. The fraction of sp³-hybridized carbons (Fsp3) is 0.300. The Morgan fingerprint density at radius 3 is 2.22 bits per heavy atom. The summed E-state index contributed by atoms with van der Waals surface area (Å²) in [6.07, 6.45) is 0.246. The standard InChI is InChI=1S/C10H9F3O4S/c1-6-3-7(2)8(5-14)9(4-6)17-18(15,16)10(11,12)13/h3-5H,1-2H3. The summed E-state index contributed by atoms with van der Waals surface area (Å²) < 4.78 is 62.1. The summed E-state index contributed by atoms with van der Waals surface area (Å²) in [5.41, 5.74) is -4.96. The van der Waals surface area contributed by atoms with E-state index >= 15 is 0 Å². The summed E-state index contributed by atoms with van der Waals surface area (Å²) in [6, 6.07) is 2.58. The lowest BCUT2D eigenvalue weighted by atomic mass is 10.1. The molecule has 0 aliphatic carbocycles. The topological polar surface area (TPSA) is 60.4 Å². The number of aldehydes is 1. The van der Waals surface area contributed by atoms with Crippen LogP contribution in [-0.2, 0) is 10.1 Å². The van der Waals surface area contributed by atoms with Crippen molar-refractivity contribution < 1.29 is 30.6 Å². The molecule has 0 aliphatic heterocycles. The van der Waals surface area contributed by atoms with E-state index < -0.39 is 21.4 Å². The second-order valence-corrected chi connectivity index (χ2v) is 5.13. The number of hydrogen-bond acceptors (Lipinski definition) is 4. The van der Waals surface area contributed by atoms with Crippen LogP contribution in [0.3, 0.4) is 0 Å². The molecule has 0 atom stereocenters. The van der Waals surface area contributed by atoms with Crippen LogP contribution in [0.5, 0.6) is 5.75 Å². The lowest BCUT2D eigenvalue weighted by molar-refractivity contribution is -0.0500. The van der Waals surface area contributed by atoms with Gasteiger partial charge in [0.1, 0.15) is 0 Å². The van der Waals surface area contributed by atoms with Gasteiger partial charge in [-0.1, -0.05) is 6.07 Å². The van der Waals surface area contributed by atoms with Crippen LogP contribution in [0.25, 0.3) is 0 Å². The number of halogens is 3. The molecule has 0 saturated carbocycles. The second-order valence-electron chi connectivity index (χ2n) is 3.59. The van der Waals surface area contributed by atoms with E-state index in [1.807, 2.05) is 0 Å². The number of alkyl halides is 3. The number of carbonyl (C=O) groups excluding carboxylic acids is 1. The van der Waals surface area contributed by atoms with Gasteiger partial charge in [0.05, 0.1) is 5.56 Å². The van der Waals surface area contributed by atoms with Gasteiger partial charge in [0.2, 0.25) is 0 Å². The van der Waals surface area contributed by atoms with E-state index in [0.29, 0.717) is 11.1 Å². The fourth-order valence-electron chi connectivity index (χ4n) is 1.33. The van der Waals surface area contributed by atoms with Crippen molar-refractivity contribution in [3.63, 3.8) is 0 Å². The Labute approximate surface area is 101 Å². The molecule has 0 spiro atoms. The first-order valence-electron chi connectivity index (χ1n) is 4.65. The van der Waals surface area contributed by atoms with E-state index in [1.54, 1.807) is 0 Å². The molecule has 1 aromatic carbocycles. The molecule has 8 heteroatoms. The Hall–Kier alpha value is -1.57. The zero-order valence-corrected chi connectivity index (χ0v) is 10.2. The van der Waals surface area contributed by atoms with Crippen molar-refractivity contribution >= 4 is 16.4 Å². The molecular weight excluding hydrogens is 273 g/mol. The molecule has 0 bridgehead atoms. The summed E-state index contributed by atoms with van der Waals surface area (Å²) in [4.78, 5) is 10.7. The van der Waals surface area contributed by atoms with Gasteiger partial charge in [0.15, 0.2) is 12.0 Å². The number of carbonyl (C=O) groups is 1. The summed E-state index contributed by atoms with van der Waals surface area (Å²) in [7, 11) is -5.78. The Morgan fingerprint density at radius 2 is 1.78 bits per heavy atom. The average Bonchev–Trinajstić information content (AvgIpc) is 2.14. The molecule has 0 unspecified atom stereocenters. The highest BCUT2D eigenvalue weighted by atomic mass is 32.2.